The molecule has 2 saturated heterocycles. The van der Waals surface area contributed by atoms with E-state index in [2.05, 4.69) is 9.80 Å². The Hall–Kier alpha value is -1.79. The number of methoxy groups -OCH3 is 1. The smallest absolute Gasteiger partial charge is 0.328 e. The first kappa shape index (κ1) is 21.4. The minimum absolute atomic E-state index is 0.0190. The Bertz CT molecular complexity index is 773. The van der Waals surface area contributed by atoms with Crippen molar-refractivity contribution >= 4 is 29.2 Å². The second kappa shape index (κ2) is 9.15. The number of carbonyl (C=O) groups is 2. The van der Waals surface area contributed by atoms with Gasteiger partial charge in [-0.15, -0.1) is 0 Å². The largest absolute Gasteiger partial charge is 0.467 e. The second-order valence-electron chi connectivity index (χ2n) is 8.97. The molecule has 1 aromatic rings. The number of esters is 1. The van der Waals surface area contributed by atoms with Crippen LogP contribution in [0.25, 0.3) is 0 Å². The molecule has 2 heterocycles. The van der Waals surface area contributed by atoms with Crippen molar-refractivity contribution in [2.24, 2.45) is 5.41 Å². The second-order valence-corrected chi connectivity index (χ2v) is 9.41. The summed E-state index contributed by atoms with van der Waals surface area (Å²) in [5.74, 6) is -0.291. The van der Waals surface area contributed by atoms with Gasteiger partial charge in [0.2, 0.25) is 5.91 Å². The zero-order valence-corrected chi connectivity index (χ0v) is 18.6. The van der Waals surface area contributed by atoms with Gasteiger partial charge in [-0.25, -0.2) is 4.79 Å². The fourth-order valence-corrected chi connectivity index (χ4v) is 5.05. The molecule has 30 heavy (non-hydrogen) atoms. The molecule has 0 radical (unpaired) electrons. The molecule has 1 aliphatic carbocycles. The number of piperidine rings is 1. The van der Waals surface area contributed by atoms with Gasteiger partial charge < -0.3 is 19.4 Å². The number of amides is 1. The Morgan fingerprint density at radius 2 is 1.90 bits per heavy atom. The molecule has 4 rings (SSSR count). The third-order valence-electron chi connectivity index (χ3n) is 7.14. The van der Waals surface area contributed by atoms with Gasteiger partial charge in [0, 0.05) is 43.3 Å². The average molecular weight is 434 g/mol. The summed E-state index contributed by atoms with van der Waals surface area (Å²) in [6.45, 7) is 4.84. The first-order valence-corrected chi connectivity index (χ1v) is 11.5. The summed E-state index contributed by atoms with van der Waals surface area (Å²) < 4.78 is 5.08. The number of anilines is 1. The number of likely N-dealkylation sites (tertiary alicyclic amines) is 1. The summed E-state index contributed by atoms with van der Waals surface area (Å²) >= 11 is 6.14. The third-order valence-corrected chi connectivity index (χ3v) is 7.38. The SMILES string of the molecule is COC(=O)[C@H](CCN1CCC2(CC1)CC2)N1CCN(c2cccc(Cl)c2)CCC1=O. The fraction of sp³-hybridized carbons (Fsp3) is 0.652. The van der Waals surface area contributed by atoms with Crippen LogP contribution in [-0.2, 0) is 14.3 Å². The van der Waals surface area contributed by atoms with Gasteiger partial charge >= 0.3 is 5.97 Å². The number of carbonyl (C=O) groups excluding carboxylic acids is 2. The summed E-state index contributed by atoms with van der Waals surface area (Å²) in [5, 5.41) is 0.682. The van der Waals surface area contributed by atoms with Crippen LogP contribution >= 0.6 is 11.6 Å². The molecule has 1 amide bonds. The standard InChI is InChI=1S/C23H32ClN3O3/c1-30-22(29)20(5-11-25-13-9-23(7-8-23)10-14-25)27-16-15-26(12-6-21(27)28)19-4-2-3-18(24)17-19/h2-4,17,20H,5-16H2,1H3/t20-/m0/s1. The molecular weight excluding hydrogens is 402 g/mol. The molecular formula is C23H32ClN3O3. The molecule has 6 nitrogen and oxygen atoms in total. The van der Waals surface area contributed by atoms with Crippen molar-refractivity contribution < 1.29 is 14.3 Å². The Morgan fingerprint density at radius 3 is 2.57 bits per heavy atom. The van der Waals surface area contributed by atoms with Gasteiger partial charge in [0.15, 0.2) is 0 Å². The van der Waals surface area contributed by atoms with E-state index in [-0.39, 0.29) is 11.9 Å². The zero-order chi connectivity index (χ0) is 21.1. The van der Waals surface area contributed by atoms with Crippen LogP contribution in [0.3, 0.4) is 0 Å². The number of hydrogen-bond donors (Lipinski definition) is 0. The highest BCUT2D eigenvalue weighted by Gasteiger charge is 2.44. The van der Waals surface area contributed by atoms with E-state index in [0.29, 0.717) is 42.9 Å². The van der Waals surface area contributed by atoms with Gasteiger partial charge in [-0.3, -0.25) is 4.79 Å². The Labute approximate surface area is 184 Å². The maximum absolute atomic E-state index is 12.9. The third kappa shape index (κ3) is 4.92. The predicted octanol–water partition coefficient (Wildman–Crippen LogP) is 3.19. The molecule has 3 aliphatic rings. The van der Waals surface area contributed by atoms with Crippen LogP contribution in [0.5, 0.6) is 0 Å². The van der Waals surface area contributed by atoms with Gasteiger partial charge in [-0.05, 0) is 68.8 Å². The highest BCUT2D eigenvalue weighted by Crippen LogP contribution is 2.53. The predicted molar refractivity (Wildman–Crippen MR) is 118 cm³/mol. The van der Waals surface area contributed by atoms with Crippen LogP contribution in [0.15, 0.2) is 24.3 Å². The van der Waals surface area contributed by atoms with Crippen LogP contribution in [-0.4, -0.2) is 74.1 Å². The van der Waals surface area contributed by atoms with Crippen LogP contribution < -0.4 is 4.90 Å². The van der Waals surface area contributed by atoms with Crippen LogP contribution in [0.2, 0.25) is 5.02 Å². The van der Waals surface area contributed by atoms with E-state index in [1.165, 1.54) is 32.8 Å². The van der Waals surface area contributed by atoms with Crippen molar-refractivity contribution in [3.63, 3.8) is 0 Å². The minimum atomic E-state index is -0.515. The highest BCUT2D eigenvalue weighted by molar-refractivity contribution is 6.30. The van der Waals surface area contributed by atoms with Crippen molar-refractivity contribution in [2.75, 3.05) is 51.3 Å². The molecule has 0 aromatic heterocycles. The molecule has 7 heteroatoms. The van der Waals surface area contributed by atoms with E-state index in [9.17, 15) is 9.59 Å². The number of nitrogens with zero attached hydrogens (tertiary/aromatic N) is 3. The lowest BCUT2D eigenvalue weighted by Crippen LogP contribution is -2.48. The number of hydrogen-bond acceptors (Lipinski definition) is 5. The Kier molecular flexibility index (Phi) is 6.54. The maximum Gasteiger partial charge on any atom is 0.328 e. The topological polar surface area (TPSA) is 53.1 Å². The lowest BCUT2D eigenvalue weighted by Gasteiger charge is -2.34. The van der Waals surface area contributed by atoms with Gasteiger partial charge in [-0.2, -0.15) is 0 Å². The minimum Gasteiger partial charge on any atom is -0.467 e. The van der Waals surface area contributed by atoms with Gasteiger partial charge in [0.1, 0.15) is 6.04 Å². The summed E-state index contributed by atoms with van der Waals surface area (Å²) in [7, 11) is 1.41. The molecule has 3 fully saturated rings. The lowest BCUT2D eigenvalue weighted by atomic mass is 9.93. The number of rotatable bonds is 6. The fourth-order valence-electron chi connectivity index (χ4n) is 4.87. The van der Waals surface area contributed by atoms with Crippen LogP contribution in [0.4, 0.5) is 5.69 Å². The van der Waals surface area contributed by atoms with Gasteiger partial charge in [-0.1, -0.05) is 17.7 Å². The van der Waals surface area contributed by atoms with Crippen LogP contribution in [0.1, 0.15) is 38.5 Å². The monoisotopic (exact) mass is 433 g/mol. The van der Waals surface area contributed by atoms with Crippen molar-refractivity contribution in [3.05, 3.63) is 29.3 Å². The van der Waals surface area contributed by atoms with E-state index in [1.54, 1.807) is 4.90 Å². The molecule has 1 atom stereocenters. The molecule has 2 aliphatic heterocycles. The highest BCUT2D eigenvalue weighted by atomic mass is 35.5. The first-order chi connectivity index (χ1) is 14.5. The number of benzene rings is 1. The lowest BCUT2D eigenvalue weighted by molar-refractivity contribution is -0.153. The molecule has 0 bridgehead atoms. The zero-order valence-electron chi connectivity index (χ0n) is 17.8. The Morgan fingerprint density at radius 1 is 1.13 bits per heavy atom. The van der Waals surface area contributed by atoms with E-state index in [4.69, 9.17) is 16.3 Å². The average Bonchev–Trinajstić information content (AvgIpc) is 3.54. The normalized spacial score (nSPS) is 22.7. The molecule has 1 saturated carbocycles. The number of ether oxygens (including phenoxy) is 1. The molecule has 1 spiro atoms. The van der Waals surface area contributed by atoms with Crippen LogP contribution in [0, 0.1) is 5.41 Å². The van der Waals surface area contributed by atoms with Crippen molar-refractivity contribution in [2.45, 2.75) is 44.6 Å². The van der Waals surface area contributed by atoms with E-state index in [0.717, 1.165) is 25.3 Å². The van der Waals surface area contributed by atoms with Gasteiger partial charge in [0.05, 0.1) is 7.11 Å². The van der Waals surface area contributed by atoms with Gasteiger partial charge in [0.25, 0.3) is 0 Å². The molecule has 0 unspecified atom stereocenters. The molecule has 0 N–H and O–H groups in total. The van der Waals surface area contributed by atoms with E-state index < -0.39 is 6.04 Å². The van der Waals surface area contributed by atoms with E-state index >= 15 is 0 Å². The maximum atomic E-state index is 12.9. The van der Waals surface area contributed by atoms with Crippen molar-refractivity contribution in [1.82, 2.24) is 9.80 Å². The Balaban J connectivity index is 1.38. The molecule has 1 aromatic carbocycles. The first-order valence-electron chi connectivity index (χ1n) is 11.1. The van der Waals surface area contributed by atoms with Crippen molar-refractivity contribution in [3.8, 4) is 0 Å². The molecule has 164 valence electrons. The van der Waals surface area contributed by atoms with E-state index in [1.807, 2.05) is 24.3 Å². The quantitative estimate of drug-likeness (QED) is 0.645. The summed E-state index contributed by atoms with van der Waals surface area (Å²) in [5.41, 5.74) is 1.65. The summed E-state index contributed by atoms with van der Waals surface area (Å²) in [4.78, 5) is 31.8. The summed E-state index contributed by atoms with van der Waals surface area (Å²) in [6, 6.07) is 7.18. The van der Waals surface area contributed by atoms with Crippen molar-refractivity contribution in [1.29, 1.82) is 0 Å². The summed E-state index contributed by atoms with van der Waals surface area (Å²) in [6.07, 6.45) is 6.32. The number of halogens is 1.